The van der Waals surface area contributed by atoms with E-state index in [0.29, 0.717) is 0 Å². The van der Waals surface area contributed by atoms with Crippen LogP contribution in [0.2, 0.25) is 0 Å². The monoisotopic (exact) mass is 302 g/mol. The van der Waals surface area contributed by atoms with Crippen molar-refractivity contribution in [2.75, 3.05) is 34.5 Å². The first-order valence-electron chi connectivity index (χ1n) is 5.02. The van der Waals surface area contributed by atoms with Crippen LogP contribution in [-0.4, -0.2) is 61.9 Å². The summed E-state index contributed by atoms with van der Waals surface area (Å²) in [7, 11) is -6.36. The highest BCUT2D eigenvalue weighted by atomic mass is 32.2. The van der Waals surface area contributed by atoms with Crippen molar-refractivity contribution in [1.29, 1.82) is 0 Å². The van der Waals surface area contributed by atoms with Crippen molar-refractivity contribution < 1.29 is 16.8 Å². The van der Waals surface area contributed by atoms with Gasteiger partial charge in [-0.25, -0.2) is 16.8 Å². The van der Waals surface area contributed by atoms with E-state index in [2.05, 4.69) is 0 Å². The number of hydrogen-bond acceptors (Lipinski definition) is 6. The maximum Gasteiger partial charge on any atom is 0.156 e. The van der Waals surface area contributed by atoms with Crippen LogP contribution in [0.4, 0.5) is 0 Å². The standard InChI is InChI=1S/C8H14O4S4/c9-15(10)3-4-16(11,12)8(6-15)7-5-13-1-2-14-7/h7-8H,1-6H2. The Morgan fingerprint density at radius 1 is 1.00 bits per heavy atom. The van der Waals surface area contributed by atoms with Gasteiger partial charge in [0, 0.05) is 22.5 Å². The molecule has 16 heavy (non-hydrogen) atoms. The summed E-state index contributed by atoms with van der Waals surface area (Å²) < 4.78 is 46.8. The summed E-state index contributed by atoms with van der Waals surface area (Å²) in [5.41, 5.74) is 0. The Balaban J connectivity index is 2.21. The number of sulfone groups is 2. The number of thioether (sulfide) groups is 2. The summed E-state index contributed by atoms with van der Waals surface area (Å²) in [6.07, 6.45) is 0. The number of rotatable bonds is 1. The summed E-state index contributed by atoms with van der Waals surface area (Å²) >= 11 is 3.33. The average molecular weight is 302 g/mol. The molecule has 2 heterocycles. The summed E-state index contributed by atoms with van der Waals surface area (Å²) in [5.74, 6) is 2.14. The molecule has 8 heteroatoms. The fourth-order valence-corrected chi connectivity index (χ4v) is 10.8. The molecule has 2 aliphatic heterocycles. The van der Waals surface area contributed by atoms with Crippen molar-refractivity contribution in [3.8, 4) is 0 Å². The van der Waals surface area contributed by atoms with Crippen molar-refractivity contribution in [3.63, 3.8) is 0 Å². The quantitative estimate of drug-likeness (QED) is 0.681. The minimum absolute atomic E-state index is 0.0428. The maximum absolute atomic E-state index is 11.9. The van der Waals surface area contributed by atoms with Crippen molar-refractivity contribution in [1.82, 2.24) is 0 Å². The molecule has 94 valence electrons. The predicted molar refractivity (Wildman–Crippen MR) is 69.8 cm³/mol. The highest BCUT2D eigenvalue weighted by molar-refractivity contribution is 8.07. The van der Waals surface area contributed by atoms with Gasteiger partial charge in [-0.15, -0.1) is 0 Å². The Hall–Kier alpha value is 0.600. The van der Waals surface area contributed by atoms with Crippen LogP contribution in [0.25, 0.3) is 0 Å². The second-order valence-corrected chi connectivity index (χ2v) is 11.1. The minimum Gasteiger partial charge on any atom is -0.229 e. The molecule has 4 nitrogen and oxygen atoms in total. The van der Waals surface area contributed by atoms with Crippen LogP contribution in [0.3, 0.4) is 0 Å². The van der Waals surface area contributed by atoms with Gasteiger partial charge >= 0.3 is 0 Å². The highest BCUT2D eigenvalue weighted by Crippen LogP contribution is 2.32. The second kappa shape index (κ2) is 4.70. The van der Waals surface area contributed by atoms with E-state index in [4.69, 9.17) is 0 Å². The smallest absolute Gasteiger partial charge is 0.156 e. The molecule has 0 aromatic carbocycles. The summed E-state index contributed by atoms with van der Waals surface area (Å²) in [6.45, 7) is 0. The molecule has 2 fully saturated rings. The fourth-order valence-electron chi connectivity index (χ4n) is 1.89. The molecule has 0 spiro atoms. The van der Waals surface area contributed by atoms with Crippen molar-refractivity contribution >= 4 is 43.2 Å². The van der Waals surface area contributed by atoms with Gasteiger partial charge < -0.3 is 0 Å². The van der Waals surface area contributed by atoms with Gasteiger partial charge in [-0.05, 0) is 0 Å². The minimum atomic E-state index is -3.21. The zero-order valence-corrected chi connectivity index (χ0v) is 11.9. The SMILES string of the molecule is O=S1(=O)CCS(=O)(=O)C(C2CSCCS2)C1. The molecule has 0 N–H and O–H groups in total. The van der Waals surface area contributed by atoms with Gasteiger partial charge in [-0.2, -0.15) is 23.5 Å². The molecule has 2 unspecified atom stereocenters. The van der Waals surface area contributed by atoms with Crippen molar-refractivity contribution in [3.05, 3.63) is 0 Å². The van der Waals surface area contributed by atoms with Gasteiger partial charge in [0.25, 0.3) is 0 Å². The Bertz CT molecular complexity index is 446. The molecule has 2 atom stereocenters. The summed E-state index contributed by atoms with van der Waals surface area (Å²) in [5, 5.41) is -0.720. The third-order valence-electron chi connectivity index (χ3n) is 2.81. The van der Waals surface area contributed by atoms with E-state index in [1.165, 1.54) is 0 Å². The van der Waals surface area contributed by atoms with E-state index in [1.807, 2.05) is 0 Å². The zero-order chi connectivity index (χ0) is 11.8. The molecular weight excluding hydrogens is 288 g/mol. The number of hydrogen-bond donors (Lipinski definition) is 0. The van der Waals surface area contributed by atoms with Crippen LogP contribution >= 0.6 is 23.5 Å². The molecule has 2 aliphatic rings. The Kier molecular flexibility index (Phi) is 3.83. The third-order valence-corrected chi connectivity index (χ3v) is 10.3. The van der Waals surface area contributed by atoms with E-state index >= 15 is 0 Å². The molecule has 2 saturated heterocycles. The lowest BCUT2D eigenvalue weighted by Gasteiger charge is -2.31. The molecule has 2 rings (SSSR count). The molecular formula is C8H14O4S4. The second-order valence-electron chi connectivity index (χ2n) is 4.00. The first kappa shape index (κ1) is 13.0. The van der Waals surface area contributed by atoms with Crippen LogP contribution in [0, 0.1) is 0 Å². The molecule has 0 aromatic rings. The van der Waals surface area contributed by atoms with Crippen LogP contribution in [0.5, 0.6) is 0 Å². The summed E-state index contributed by atoms with van der Waals surface area (Å²) in [6, 6.07) is 0. The third kappa shape index (κ3) is 2.88. The zero-order valence-electron chi connectivity index (χ0n) is 8.66. The van der Waals surface area contributed by atoms with E-state index in [0.717, 1.165) is 17.3 Å². The Morgan fingerprint density at radius 2 is 1.75 bits per heavy atom. The summed E-state index contributed by atoms with van der Waals surface area (Å²) in [4.78, 5) is 0. The molecule has 0 aromatic heterocycles. The largest absolute Gasteiger partial charge is 0.229 e. The van der Waals surface area contributed by atoms with Gasteiger partial charge in [0.2, 0.25) is 0 Å². The van der Waals surface area contributed by atoms with E-state index < -0.39 is 24.9 Å². The van der Waals surface area contributed by atoms with E-state index in [1.54, 1.807) is 23.5 Å². The van der Waals surface area contributed by atoms with Crippen molar-refractivity contribution in [2.24, 2.45) is 0 Å². The maximum atomic E-state index is 11.9. The van der Waals surface area contributed by atoms with Gasteiger partial charge in [0.1, 0.15) is 0 Å². The van der Waals surface area contributed by atoms with Gasteiger partial charge in [-0.3, -0.25) is 0 Å². The lowest BCUT2D eigenvalue weighted by atomic mass is 10.3. The van der Waals surface area contributed by atoms with Crippen LogP contribution in [0.15, 0.2) is 0 Å². The Morgan fingerprint density at radius 3 is 2.38 bits per heavy atom. The van der Waals surface area contributed by atoms with E-state index in [9.17, 15) is 16.8 Å². The van der Waals surface area contributed by atoms with Crippen LogP contribution < -0.4 is 0 Å². The molecule has 0 bridgehead atoms. The van der Waals surface area contributed by atoms with E-state index in [-0.39, 0.29) is 22.5 Å². The molecule has 0 radical (unpaired) electrons. The molecule has 0 saturated carbocycles. The van der Waals surface area contributed by atoms with Crippen LogP contribution in [-0.2, 0) is 19.7 Å². The van der Waals surface area contributed by atoms with Crippen LogP contribution in [0.1, 0.15) is 0 Å². The first-order valence-corrected chi connectivity index (χ1v) is 10.8. The lowest BCUT2D eigenvalue weighted by molar-refractivity contribution is 0.565. The van der Waals surface area contributed by atoms with Gasteiger partial charge in [-0.1, -0.05) is 0 Å². The predicted octanol–water partition coefficient (Wildman–Crippen LogP) is 0.0468. The van der Waals surface area contributed by atoms with Gasteiger partial charge in [0.05, 0.1) is 22.5 Å². The fraction of sp³-hybridized carbons (Fsp3) is 1.00. The molecule has 0 aliphatic carbocycles. The Labute approximate surface area is 105 Å². The molecule has 0 amide bonds. The highest BCUT2D eigenvalue weighted by Gasteiger charge is 2.42. The van der Waals surface area contributed by atoms with Crippen molar-refractivity contribution in [2.45, 2.75) is 10.5 Å². The normalized spacial score (nSPS) is 38.0. The van der Waals surface area contributed by atoms with Gasteiger partial charge in [0.15, 0.2) is 19.7 Å². The topological polar surface area (TPSA) is 68.3 Å². The lowest BCUT2D eigenvalue weighted by Crippen LogP contribution is -2.47. The first-order chi connectivity index (χ1) is 7.41. The average Bonchev–Trinajstić information content (AvgIpc) is 2.24.